The molecule has 9 heteroatoms. The van der Waals surface area contributed by atoms with Crippen LogP contribution in [0.25, 0.3) is 6.08 Å². The largest absolute Gasteiger partial charge is 0.328 e. The maximum atomic E-state index is 13.5. The number of allylic oxidation sites excluding steroid dienone is 1. The fourth-order valence-electron chi connectivity index (χ4n) is 3.83. The van der Waals surface area contributed by atoms with Crippen molar-refractivity contribution < 1.29 is 19.6 Å². The van der Waals surface area contributed by atoms with Crippen molar-refractivity contribution in [3.05, 3.63) is 60.7 Å². The van der Waals surface area contributed by atoms with Gasteiger partial charge in [0.25, 0.3) is 5.91 Å². The number of rotatable bonds is 12. The van der Waals surface area contributed by atoms with Gasteiger partial charge in [0.2, 0.25) is 11.8 Å². The molecule has 190 valence electrons. The minimum Gasteiger partial charge on any atom is -0.328 e. The van der Waals surface area contributed by atoms with Crippen molar-refractivity contribution in [2.45, 2.75) is 47.1 Å². The Morgan fingerprint density at radius 1 is 1.06 bits per heavy atom. The molecule has 35 heavy (non-hydrogen) atoms. The van der Waals surface area contributed by atoms with E-state index in [1.165, 1.54) is 11.3 Å². The van der Waals surface area contributed by atoms with Crippen molar-refractivity contribution in [1.29, 1.82) is 0 Å². The lowest BCUT2D eigenvalue weighted by molar-refractivity contribution is -0.148. The van der Waals surface area contributed by atoms with Gasteiger partial charge in [0.15, 0.2) is 0 Å². The van der Waals surface area contributed by atoms with Gasteiger partial charge in [-0.2, -0.15) is 0 Å². The van der Waals surface area contributed by atoms with E-state index in [4.69, 9.17) is 0 Å². The molecule has 0 aliphatic heterocycles. The fourth-order valence-corrected chi connectivity index (χ4v) is 3.83. The van der Waals surface area contributed by atoms with Crippen LogP contribution in [0.3, 0.4) is 0 Å². The molecule has 1 aromatic heterocycles. The van der Waals surface area contributed by atoms with E-state index in [0.29, 0.717) is 13.0 Å². The molecule has 1 aromatic carbocycles. The topological polar surface area (TPSA) is 117 Å². The number of hydrazine groups is 1. The van der Waals surface area contributed by atoms with E-state index in [1.807, 2.05) is 70.2 Å². The van der Waals surface area contributed by atoms with Crippen LogP contribution < -0.4 is 10.9 Å². The van der Waals surface area contributed by atoms with Crippen molar-refractivity contribution in [2.75, 3.05) is 6.54 Å². The SMILES string of the molecule is CC(C)C[C@@H](C(=O)NN(CC(C)C)C(=O)Cn1ccnc1)[C@H](CC=Cc1ccccc1)C(=O)NO. The molecule has 0 fully saturated rings. The van der Waals surface area contributed by atoms with E-state index in [2.05, 4.69) is 10.4 Å². The van der Waals surface area contributed by atoms with Crippen molar-refractivity contribution in [1.82, 2.24) is 25.5 Å². The molecule has 2 rings (SSSR count). The molecule has 0 saturated carbocycles. The van der Waals surface area contributed by atoms with E-state index in [1.54, 1.807) is 22.4 Å². The van der Waals surface area contributed by atoms with Crippen molar-refractivity contribution in [3.8, 4) is 0 Å². The third-order valence-corrected chi connectivity index (χ3v) is 5.47. The van der Waals surface area contributed by atoms with Gasteiger partial charge in [-0.1, -0.05) is 70.2 Å². The average molecular weight is 484 g/mol. The second-order valence-electron chi connectivity index (χ2n) is 9.48. The minimum atomic E-state index is -0.813. The molecule has 2 atom stereocenters. The molecule has 3 amide bonds. The molecular formula is C26H37N5O4. The summed E-state index contributed by atoms with van der Waals surface area (Å²) in [6.45, 7) is 8.17. The zero-order valence-corrected chi connectivity index (χ0v) is 20.9. The number of carbonyl (C=O) groups is 3. The van der Waals surface area contributed by atoms with E-state index in [-0.39, 0.29) is 30.7 Å². The first kappa shape index (κ1) is 27.8. The van der Waals surface area contributed by atoms with Gasteiger partial charge in [-0.15, -0.1) is 0 Å². The van der Waals surface area contributed by atoms with Gasteiger partial charge in [0.05, 0.1) is 18.2 Å². The number of amides is 3. The Kier molecular flexibility index (Phi) is 11.2. The van der Waals surface area contributed by atoms with Crippen LogP contribution in [0.15, 0.2) is 55.1 Å². The average Bonchev–Trinajstić information content (AvgIpc) is 3.33. The van der Waals surface area contributed by atoms with Crippen molar-refractivity contribution >= 4 is 23.8 Å². The van der Waals surface area contributed by atoms with Crippen LogP contribution in [-0.2, 0) is 20.9 Å². The lowest BCUT2D eigenvalue weighted by Gasteiger charge is -2.30. The smallest absolute Gasteiger partial charge is 0.260 e. The number of hydrogen-bond donors (Lipinski definition) is 3. The van der Waals surface area contributed by atoms with Gasteiger partial charge < -0.3 is 4.57 Å². The Labute approximate surface area is 207 Å². The van der Waals surface area contributed by atoms with Crippen LogP contribution in [0.4, 0.5) is 0 Å². The third-order valence-electron chi connectivity index (χ3n) is 5.47. The van der Waals surface area contributed by atoms with Gasteiger partial charge in [0, 0.05) is 18.9 Å². The predicted molar refractivity (Wildman–Crippen MR) is 133 cm³/mol. The summed E-state index contributed by atoms with van der Waals surface area (Å²) in [5.41, 5.74) is 5.44. The monoisotopic (exact) mass is 483 g/mol. The van der Waals surface area contributed by atoms with Gasteiger partial charge in [-0.25, -0.2) is 10.5 Å². The van der Waals surface area contributed by atoms with Crippen LogP contribution in [-0.4, -0.2) is 44.0 Å². The lowest BCUT2D eigenvalue weighted by Crippen LogP contribution is -2.53. The Morgan fingerprint density at radius 3 is 2.34 bits per heavy atom. The van der Waals surface area contributed by atoms with Crippen LogP contribution in [0.1, 0.15) is 46.1 Å². The number of carbonyl (C=O) groups excluding carboxylic acids is 3. The van der Waals surface area contributed by atoms with Crippen LogP contribution in [0.2, 0.25) is 0 Å². The zero-order valence-electron chi connectivity index (χ0n) is 20.9. The van der Waals surface area contributed by atoms with Crippen LogP contribution in [0, 0.1) is 23.7 Å². The van der Waals surface area contributed by atoms with Gasteiger partial charge in [-0.3, -0.25) is 30.0 Å². The van der Waals surface area contributed by atoms with Crippen LogP contribution in [0.5, 0.6) is 0 Å². The normalized spacial score (nSPS) is 13.1. The van der Waals surface area contributed by atoms with Gasteiger partial charge >= 0.3 is 0 Å². The van der Waals surface area contributed by atoms with E-state index in [9.17, 15) is 19.6 Å². The van der Waals surface area contributed by atoms with Crippen LogP contribution >= 0.6 is 0 Å². The number of aromatic nitrogens is 2. The third kappa shape index (κ3) is 9.36. The molecule has 3 N–H and O–H groups in total. The molecular weight excluding hydrogens is 446 g/mol. The lowest BCUT2D eigenvalue weighted by atomic mass is 9.82. The number of hydrogen-bond acceptors (Lipinski definition) is 5. The molecule has 2 aromatic rings. The Balaban J connectivity index is 2.23. The highest BCUT2D eigenvalue weighted by Crippen LogP contribution is 2.25. The highest BCUT2D eigenvalue weighted by molar-refractivity contribution is 5.89. The number of hydroxylamine groups is 1. The molecule has 1 heterocycles. The highest BCUT2D eigenvalue weighted by Gasteiger charge is 2.35. The number of imidazole rings is 1. The number of nitrogens with one attached hydrogen (secondary N) is 2. The first-order valence-corrected chi connectivity index (χ1v) is 11.9. The second-order valence-corrected chi connectivity index (χ2v) is 9.48. The number of benzene rings is 1. The molecule has 0 bridgehead atoms. The summed E-state index contributed by atoms with van der Waals surface area (Å²) in [6, 6.07) is 9.62. The summed E-state index contributed by atoms with van der Waals surface area (Å²) in [6.07, 6.45) is 9.16. The first-order chi connectivity index (χ1) is 16.7. The van der Waals surface area contributed by atoms with Crippen molar-refractivity contribution in [3.63, 3.8) is 0 Å². The molecule has 0 unspecified atom stereocenters. The van der Waals surface area contributed by atoms with Gasteiger partial charge in [0.1, 0.15) is 6.54 Å². The Bertz CT molecular complexity index is 957. The summed E-state index contributed by atoms with van der Waals surface area (Å²) in [5, 5.41) is 10.7. The second kappa shape index (κ2) is 14.1. The first-order valence-electron chi connectivity index (χ1n) is 11.9. The Morgan fingerprint density at radius 2 is 1.77 bits per heavy atom. The summed E-state index contributed by atoms with van der Waals surface area (Å²) < 4.78 is 1.63. The maximum Gasteiger partial charge on any atom is 0.260 e. The molecule has 0 saturated heterocycles. The molecule has 0 radical (unpaired) electrons. The van der Waals surface area contributed by atoms with E-state index >= 15 is 0 Å². The van der Waals surface area contributed by atoms with E-state index in [0.717, 1.165) is 5.56 Å². The molecule has 9 nitrogen and oxygen atoms in total. The van der Waals surface area contributed by atoms with Crippen molar-refractivity contribution in [2.24, 2.45) is 23.7 Å². The minimum absolute atomic E-state index is 0.0300. The molecule has 0 aliphatic rings. The molecule has 0 spiro atoms. The summed E-state index contributed by atoms with van der Waals surface area (Å²) in [4.78, 5) is 43.0. The standard InChI is InChI=1S/C26H37N5O4/c1-19(2)15-23(22(26(34)29-35)12-8-11-21-9-6-5-7-10-21)25(33)28-31(16-20(3)4)24(32)17-30-14-13-27-18-30/h5-11,13-14,18-20,22-23,35H,12,15-17H2,1-4H3,(H,28,33)(H,29,34)/t22-,23+/m0/s1. The van der Waals surface area contributed by atoms with E-state index < -0.39 is 23.7 Å². The summed E-state index contributed by atoms with van der Waals surface area (Å²) in [7, 11) is 0. The molecule has 0 aliphatic carbocycles. The van der Waals surface area contributed by atoms with Gasteiger partial charge in [-0.05, 0) is 30.2 Å². The number of nitrogens with zero attached hydrogens (tertiary/aromatic N) is 3. The summed E-state index contributed by atoms with van der Waals surface area (Å²) in [5.74, 6) is -2.71. The quantitative estimate of drug-likeness (QED) is 0.316. The predicted octanol–water partition coefficient (Wildman–Crippen LogP) is 3.29. The fraction of sp³-hybridized carbons (Fsp3) is 0.462. The highest BCUT2D eigenvalue weighted by atomic mass is 16.5. The maximum absolute atomic E-state index is 13.5. The Hall–Kier alpha value is -3.46. The zero-order chi connectivity index (χ0) is 25.8. The summed E-state index contributed by atoms with van der Waals surface area (Å²) >= 11 is 0.